The first kappa shape index (κ1) is 19.7. The van der Waals surface area contributed by atoms with Crippen molar-refractivity contribution in [1.29, 1.82) is 0 Å². The molecule has 1 aliphatic rings. The van der Waals surface area contributed by atoms with Crippen LogP contribution in [0.25, 0.3) is 0 Å². The van der Waals surface area contributed by atoms with Crippen LogP contribution in [0.2, 0.25) is 0 Å². The summed E-state index contributed by atoms with van der Waals surface area (Å²) in [4.78, 5) is 25.8. The molecular formula is C20H18F3NO4. The smallest absolute Gasteiger partial charge is 0.422 e. The van der Waals surface area contributed by atoms with Crippen LogP contribution < -0.4 is 4.74 Å². The lowest BCUT2D eigenvalue weighted by Crippen LogP contribution is -2.29. The molecule has 1 fully saturated rings. The van der Waals surface area contributed by atoms with Crippen molar-refractivity contribution in [2.45, 2.75) is 12.1 Å². The van der Waals surface area contributed by atoms with E-state index in [9.17, 15) is 27.9 Å². The summed E-state index contributed by atoms with van der Waals surface area (Å²) in [5.41, 5.74) is 1.11. The van der Waals surface area contributed by atoms with E-state index in [2.05, 4.69) is 4.74 Å². The van der Waals surface area contributed by atoms with Gasteiger partial charge in [0.2, 0.25) is 0 Å². The molecule has 1 saturated heterocycles. The quantitative estimate of drug-likeness (QED) is 0.844. The molecule has 1 N–H and O–H groups in total. The highest BCUT2D eigenvalue weighted by Gasteiger charge is 2.40. The molecule has 0 bridgehead atoms. The van der Waals surface area contributed by atoms with Crippen LogP contribution >= 0.6 is 0 Å². The standard InChI is InChI=1S/C20H18F3NO4/c21-20(22,23)12-28-15-8-6-14(7-9-15)18(25)24-10-16(17(11-24)19(26)27)13-4-2-1-3-5-13/h1-9,16-17H,10-12H2,(H,26,27)/t16-,17-/m1/s1. The van der Waals surface area contributed by atoms with Gasteiger partial charge in [-0.15, -0.1) is 0 Å². The Morgan fingerprint density at radius 3 is 2.25 bits per heavy atom. The molecule has 3 rings (SSSR count). The summed E-state index contributed by atoms with van der Waals surface area (Å²) in [6, 6.07) is 14.5. The summed E-state index contributed by atoms with van der Waals surface area (Å²) in [6.07, 6.45) is -4.44. The predicted molar refractivity (Wildman–Crippen MR) is 94.2 cm³/mol. The fraction of sp³-hybridized carbons (Fsp3) is 0.300. The third kappa shape index (κ3) is 4.62. The minimum atomic E-state index is -4.44. The summed E-state index contributed by atoms with van der Waals surface area (Å²) < 4.78 is 41.2. The number of alkyl halides is 3. The second-order valence-corrected chi connectivity index (χ2v) is 6.60. The maximum atomic E-state index is 12.7. The number of carboxylic acid groups (broad SMARTS) is 1. The Bertz CT molecular complexity index is 837. The molecule has 8 heteroatoms. The Morgan fingerprint density at radius 2 is 1.68 bits per heavy atom. The van der Waals surface area contributed by atoms with Gasteiger partial charge in [0.05, 0.1) is 5.92 Å². The second kappa shape index (κ2) is 7.92. The SMILES string of the molecule is O=C(O)[C@@H]1CN(C(=O)c2ccc(OCC(F)(F)F)cc2)C[C@@H]1c1ccccc1. The Labute approximate surface area is 159 Å². The molecule has 0 radical (unpaired) electrons. The number of halogens is 3. The first-order chi connectivity index (χ1) is 13.2. The van der Waals surface area contributed by atoms with E-state index >= 15 is 0 Å². The lowest BCUT2D eigenvalue weighted by molar-refractivity contribution is -0.153. The average molecular weight is 393 g/mol. The minimum Gasteiger partial charge on any atom is -0.484 e. The monoisotopic (exact) mass is 393 g/mol. The molecule has 148 valence electrons. The van der Waals surface area contributed by atoms with E-state index in [1.807, 2.05) is 30.3 Å². The zero-order valence-electron chi connectivity index (χ0n) is 14.7. The molecule has 1 aliphatic heterocycles. The van der Waals surface area contributed by atoms with Crippen LogP contribution in [0.5, 0.6) is 5.75 Å². The molecule has 0 unspecified atom stereocenters. The van der Waals surface area contributed by atoms with Crippen LogP contribution in [0.3, 0.4) is 0 Å². The first-order valence-electron chi connectivity index (χ1n) is 8.61. The highest BCUT2D eigenvalue weighted by molar-refractivity contribution is 5.95. The van der Waals surface area contributed by atoms with Crippen molar-refractivity contribution in [2.24, 2.45) is 5.92 Å². The van der Waals surface area contributed by atoms with Gasteiger partial charge < -0.3 is 14.7 Å². The summed E-state index contributed by atoms with van der Waals surface area (Å²) in [7, 11) is 0. The Kier molecular flexibility index (Phi) is 5.58. The van der Waals surface area contributed by atoms with Gasteiger partial charge in [-0.2, -0.15) is 13.2 Å². The van der Waals surface area contributed by atoms with E-state index in [0.29, 0.717) is 0 Å². The lowest BCUT2D eigenvalue weighted by atomic mass is 9.89. The molecule has 0 saturated carbocycles. The van der Waals surface area contributed by atoms with Crippen LogP contribution in [0, 0.1) is 5.92 Å². The van der Waals surface area contributed by atoms with Gasteiger partial charge in [0.1, 0.15) is 5.75 Å². The molecule has 0 aromatic heterocycles. The van der Waals surface area contributed by atoms with Gasteiger partial charge in [0, 0.05) is 24.6 Å². The number of carboxylic acids is 1. The number of likely N-dealkylation sites (tertiary alicyclic amines) is 1. The van der Waals surface area contributed by atoms with Crippen molar-refractivity contribution < 1.29 is 32.6 Å². The zero-order valence-corrected chi connectivity index (χ0v) is 14.7. The van der Waals surface area contributed by atoms with Crippen LogP contribution in [-0.2, 0) is 4.79 Å². The van der Waals surface area contributed by atoms with Crippen LogP contribution in [0.1, 0.15) is 21.8 Å². The topological polar surface area (TPSA) is 66.8 Å². The number of ether oxygens (including phenoxy) is 1. The number of benzene rings is 2. The highest BCUT2D eigenvalue weighted by Crippen LogP contribution is 2.33. The van der Waals surface area contributed by atoms with Gasteiger partial charge >= 0.3 is 12.1 Å². The number of carbonyl (C=O) groups excluding carboxylic acids is 1. The third-order valence-electron chi connectivity index (χ3n) is 4.66. The summed E-state index contributed by atoms with van der Waals surface area (Å²) in [6.45, 7) is -1.09. The third-order valence-corrected chi connectivity index (χ3v) is 4.66. The molecule has 1 heterocycles. The van der Waals surface area contributed by atoms with Gasteiger partial charge in [-0.05, 0) is 29.8 Å². The zero-order chi connectivity index (χ0) is 20.3. The molecule has 2 aromatic carbocycles. The van der Waals surface area contributed by atoms with Gasteiger partial charge in [-0.25, -0.2) is 0 Å². The van der Waals surface area contributed by atoms with E-state index in [-0.39, 0.29) is 36.2 Å². The molecule has 2 atom stereocenters. The van der Waals surface area contributed by atoms with E-state index < -0.39 is 24.7 Å². The lowest BCUT2D eigenvalue weighted by Gasteiger charge is -2.17. The molecular weight excluding hydrogens is 375 g/mol. The molecule has 28 heavy (non-hydrogen) atoms. The maximum absolute atomic E-state index is 12.7. The van der Waals surface area contributed by atoms with Crippen molar-refractivity contribution in [1.82, 2.24) is 4.90 Å². The molecule has 0 aliphatic carbocycles. The number of nitrogens with zero attached hydrogens (tertiary/aromatic N) is 1. The average Bonchev–Trinajstić information content (AvgIpc) is 3.12. The second-order valence-electron chi connectivity index (χ2n) is 6.60. The minimum absolute atomic E-state index is 0.000807. The van der Waals surface area contributed by atoms with Gasteiger partial charge in [-0.3, -0.25) is 9.59 Å². The first-order valence-corrected chi connectivity index (χ1v) is 8.61. The van der Waals surface area contributed by atoms with Crippen molar-refractivity contribution >= 4 is 11.9 Å². The van der Waals surface area contributed by atoms with Crippen molar-refractivity contribution in [3.8, 4) is 5.75 Å². The van der Waals surface area contributed by atoms with Gasteiger partial charge in [0.15, 0.2) is 6.61 Å². The van der Waals surface area contributed by atoms with Crippen molar-refractivity contribution in [2.75, 3.05) is 19.7 Å². The molecule has 5 nitrogen and oxygen atoms in total. The van der Waals surface area contributed by atoms with Crippen LogP contribution in [-0.4, -0.2) is 47.8 Å². The number of amides is 1. The van der Waals surface area contributed by atoms with Crippen molar-refractivity contribution in [3.05, 3.63) is 65.7 Å². The number of rotatable bonds is 5. The molecule has 2 aromatic rings. The fourth-order valence-corrected chi connectivity index (χ4v) is 3.30. The highest BCUT2D eigenvalue weighted by atomic mass is 19.4. The van der Waals surface area contributed by atoms with Gasteiger partial charge in [-0.1, -0.05) is 30.3 Å². The van der Waals surface area contributed by atoms with Crippen molar-refractivity contribution in [3.63, 3.8) is 0 Å². The Hall–Kier alpha value is -3.03. The van der Waals surface area contributed by atoms with Crippen LogP contribution in [0.4, 0.5) is 13.2 Å². The van der Waals surface area contributed by atoms with E-state index in [0.717, 1.165) is 5.56 Å². The van der Waals surface area contributed by atoms with Crippen LogP contribution in [0.15, 0.2) is 54.6 Å². The molecule has 1 amide bonds. The van der Waals surface area contributed by atoms with E-state index in [1.165, 1.54) is 29.2 Å². The Balaban J connectivity index is 1.71. The molecule has 0 spiro atoms. The number of aliphatic carboxylic acids is 1. The summed E-state index contributed by atoms with van der Waals surface area (Å²) >= 11 is 0. The fourth-order valence-electron chi connectivity index (χ4n) is 3.30. The number of hydrogen-bond acceptors (Lipinski definition) is 3. The number of carbonyl (C=O) groups is 2. The predicted octanol–water partition coefficient (Wildman–Crippen LogP) is 3.57. The van der Waals surface area contributed by atoms with E-state index in [1.54, 1.807) is 0 Å². The van der Waals surface area contributed by atoms with E-state index in [4.69, 9.17) is 0 Å². The largest absolute Gasteiger partial charge is 0.484 e. The summed E-state index contributed by atoms with van der Waals surface area (Å²) in [5, 5.41) is 9.53. The summed E-state index contributed by atoms with van der Waals surface area (Å²) in [5.74, 6) is -2.38. The Morgan fingerprint density at radius 1 is 1.04 bits per heavy atom. The van der Waals surface area contributed by atoms with Gasteiger partial charge in [0.25, 0.3) is 5.91 Å². The number of hydrogen-bond donors (Lipinski definition) is 1. The normalized spacial score (nSPS) is 19.5. The maximum Gasteiger partial charge on any atom is 0.422 e.